The first-order valence-corrected chi connectivity index (χ1v) is 5.82. The van der Waals surface area contributed by atoms with Crippen molar-refractivity contribution >= 4 is 0 Å². The second kappa shape index (κ2) is 6.18. The summed E-state index contributed by atoms with van der Waals surface area (Å²) in [6.45, 7) is 10.2. The first kappa shape index (κ1) is 13.4. The van der Waals surface area contributed by atoms with E-state index in [2.05, 4.69) is 40.8 Å². The van der Waals surface area contributed by atoms with Gasteiger partial charge < -0.3 is 4.52 Å². The van der Waals surface area contributed by atoms with Crippen LogP contribution in [-0.2, 0) is 6.42 Å². The third-order valence-corrected chi connectivity index (χ3v) is 2.49. The molecule has 2 rings (SSSR count). The largest absolute Gasteiger partial charge is 0.364 e. The molecule has 0 amide bonds. The zero-order chi connectivity index (χ0) is 12.8. The molecule has 0 unspecified atom stereocenters. The summed E-state index contributed by atoms with van der Waals surface area (Å²) in [5.41, 5.74) is 3.29. The van der Waals surface area contributed by atoms with E-state index >= 15 is 0 Å². The molecule has 17 heavy (non-hydrogen) atoms. The maximum Gasteiger partial charge on any atom is 0.126 e. The molecular weight excluding hydrogens is 216 g/mol. The van der Waals surface area contributed by atoms with E-state index in [1.54, 1.807) is 6.26 Å². The summed E-state index contributed by atoms with van der Waals surface area (Å²) in [4.78, 5) is 0. The minimum absolute atomic E-state index is 0.428. The zero-order valence-electron chi connectivity index (χ0n) is 11.1. The van der Waals surface area contributed by atoms with Gasteiger partial charge in [0.15, 0.2) is 0 Å². The normalized spacial score (nSPS) is 10.2. The van der Waals surface area contributed by atoms with Crippen molar-refractivity contribution in [1.82, 2.24) is 20.2 Å². The highest BCUT2D eigenvalue weighted by Crippen LogP contribution is 2.05. The van der Waals surface area contributed by atoms with Gasteiger partial charge in [0, 0.05) is 11.6 Å². The van der Waals surface area contributed by atoms with Gasteiger partial charge in [-0.25, -0.2) is 4.68 Å². The van der Waals surface area contributed by atoms with Crippen LogP contribution in [0.4, 0.5) is 0 Å². The van der Waals surface area contributed by atoms with Crippen molar-refractivity contribution in [3.8, 4) is 0 Å². The Bertz CT molecular complexity index is 428. The number of hydrogen-bond donors (Lipinski definition) is 0. The monoisotopic (exact) mass is 236 g/mol. The van der Waals surface area contributed by atoms with Crippen molar-refractivity contribution in [2.45, 2.75) is 47.1 Å². The molecule has 5 heteroatoms. The van der Waals surface area contributed by atoms with E-state index in [1.807, 2.05) is 24.7 Å². The van der Waals surface area contributed by atoms with Crippen molar-refractivity contribution in [3.05, 3.63) is 29.4 Å². The Kier molecular flexibility index (Phi) is 4.87. The molecule has 2 aromatic heterocycles. The Labute approximate surface area is 102 Å². The second-order valence-corrected chi connectivity index (χ2v) is 4.20. The highest BCUT2D eigenvalue weighted by molar-refractivity contribution is 5.08. The van der Waals surface area contributed by atoms with Crippen LogP contribution >= 0.6 is 0 Å². The molecule has 2 heterocycles. The Morgan fingerprint density at radius 2 is 2.06 bits per heavy atom. The van der Waals surface area contributed by atoms with E-state index in [0.29, 0.717) is 6.04 Å². The molecule has 0 fully saturated rings. The summed E-state index contributed by atoms with van der Waals surface area (Å²) in [7, 11) is 0. The fourth-order valence-corrected chi connectivity index (χ4v) is 1.29. The topological polar surface area (TPSA) is 56.7 Å². The molecule has 2 aromatic rings. The van der Waals surface area contributed by atoms with E-state index in [1.165, 1.54) is 5.69 Å². The van der Waals surface area contributed by atoms with Crippen LogP contribution in [0, 0.1) is 13.8 Å². The average molecular weight is 236 g/mol. The van der Waals surface area contributed by atoms with Gasteiger partial charge in [-0.1, -0.05) is 17.3 Å². The SMILES string of the molecule is CCc1cnnn1C(C)C.Cc1conc1C. The van der Waals surface area contributed by atoms with Crippen LogP contribution in [0.1, 0.15) is 43.8 Å². The summed E-state index contributed by atoms with van der Waals surface area (Å²) < 4.78 is 6.54. The van der Waals surface area contributed by atoms with Gasteiger partial charge in [0.1, 0.15) is 6.26 Å². The Balaban J connectivity index is 0.000000181. The maximum absolute atomic E-state index is 4.59. The number of aryl methyl sites for hydroxylation is 3. The van der Waals surface area contributed by atoms with Gasteiger partial charge in [0.05, 0.1) is 17.6 Å². The molecule has 5 nitrogen and oxygen atoms in total. The third-order valence-electron chi connectivity index (χ3n) is 2.49. The standard InChI is InChI=1S/C7H13N3.C5H7NO/c1-4-7-5-8-9-10(7)6(2)3;1-4-3-7-6-5(4)2/h5-6H,4H2,1-3H3;3H,1-2H3. The molecule has 0 aliphatic heterocycles. The molecule has 0 atom stereocenters. The Hall–Kier alpha value is -1.65. The lowest BCUT2D eigenvalue weighted by molar-refractivity contribution is 0.414. The van der Waals surface area contributed by atoms with Crippen molar-refractivity contribution in [2.24, 2.45) is 0 Å². The molecule has 0 aromatic carbocycles. The predicted octanol–water partition coefficient (Wildman–Crippen LogP) is 2.71. The van der Waals surface area contributed by atoms with Gasteiger partial charge in [-0.05, 0) is 34.1 Å². The van der Waals surface area contributed by atoms with Gasteiger partial charge in [-0.3, -0.25) is 0 Å². The molecule has 0 saturated heterocycles. The molecule has 0 spiro atoms. The van der Waals surface area contributed by atoms with E-state index < -0.39 is 0 Å². The lowest BCUT2D eigenvalue weighted by atomic mass is 10.3. The minimum Gasteiger partial charge on any atom is -0.364 e. The first-order chi connectivity index (χ1) is 8.06. The van der Waals surface area contributed by atoms with Gasteiger partial charge in [0.2, 0.25) is 0 Å². The van der Waals surface area contributed by atoms with Crippen LogP contribution < -0.4 is 0 Å². The van der Waals surface area contributed by atoms with Gasteiger partial charge in [-0.15, -0.1) is 5.10 Å². The van der Waals surface area contributed by atoms with Crippen LogP contribution in [-0.4, -0.2) is 20.2 Å². The van der Waals surface area contributed by atoms with Crippen LogP contribution in [0.15, 0.2) is 17.0 Å². The van der Waals surface area contributed by atoms with Crippen LogP contribution in [0.5, 0.6) is 0 Å². The molecule has 0 aliphatic carbocycles. The number of rotatable bonds is 2. The van der Waals surface area contributed by atoms with Crippen molar-refractivity contribution in [2.75, 3.05) is 0 Å². The first-order valence-electron chi connectivity index (χ1n) is 5.82. The predicted molar refractivity (Wildman–Crippen MR) is 65.8 cm³/mol. The third kappa shape index (κ3) is 3.69. The van der Waals surface area contributed by atoms with E-state index in [0.717, 1.165) is 17.7 Å². The summed E-state index contributed by atoms with van der Waals surface area (Å²) >= 11 is 0. The smallest absolute Gasteiger partial charge is 0.126 e. The highest BCUT2D eigenvalue weighted by Gasteiger charge is 2.03. The van der Waals surface area contributed by atoms with Crippen LogP contribution in [0.2, 0.25) is 0 Å². The fourth-order valence-electron chi connectivity index (χ4n) is 1.29. The van der Waals surface area contributed by atoms with E-state index in [-0.39, 0.29) is 0 Å². The lowest BCUT2D eigenvalue weighted by Gasteiger charge is -2.06. The molecular formula is C12H20N4O. The maximum atomic E-state index is 4.59. The quantitative estimate of drug-likeness (QED) is 0.804. The summed E-state index contributed by atoms with van der Waals surface area (Å²) in [5.74, 6) is 0. The molecule has 0 radical (unpaired) electrons. The summed E-state index contributed by atoms with van der Waals surface area (Å²) in [5, 5.41) is 11.4. The summed E-state index contributed by atoms with van der Waals surface area (Å²) in [6, 6.07) is 0.428. The number of aromatic nitrogens is 4. The molecule has 0 N–H and O–H groups in total. The Morgan fingerprint density at radius 3 is 2.35 bits per heavy atom. The van der Waals surface area contributed by atoms with Gasteiger partial charge >= 0.3 is 0 Å². The van der Waals surface area contributed by atoms with E-state index in [4.69, 9.17) is 0 Å². The minimum atomic E-state index is 0.428. The van der Waals surface area contributed by atoms with Gasteiger partial charge in [0.25, 0.3) is 0 Å². The number of hydrogen-bond acceptors (Lipinski definition) is 4. The van der Waals surface area contributed by atoms with Crippen LogP contribution in [0.3, 0.4) is 0 Å². The van der Waals surface area contributed by atoms with Crippen molar-refractivity contribution in [1.29, 1.82) is 0 Å². The van der Waals surface area contributed by atoms with Gasteiger partial charge in [-0.2, -0.15) is 0 Å². The highest BCUT2D eigenvalue weighted by atomic mass is 16.5. The molecule has 94 valence electrons. The van der Waals surface area contributed by atoms with E-state index in [9.17, 15) is 0 Å². The Morgan fingerprint density at radius 1 is 1.35 bits per heavy atom. The number of nitrogens with zero attached hydrogens (tertiary/aromatic N) is 4. The van der Waals surface area contributed by atoms with Crippen molar-refractivity contribution in [3.63, 3.8) is 0 Å². The molecule has 0 aliphatic rings. The van der Waals surface area contributed by atoms with Crippen molar-refractivity contribution < 1.29 is 4.52 Å². The summed E-state index contributed by atoms with van der Waals surface area (Å²) in [6.07, 6.45) is 4.46. The van der Waals surface area contributed by atoms with Crippen LogP contribution in [0.25, 0.3) is 0 Å². The lowest BCUT2D eigenvalue weighted by Crippen LogP contribution is -2.06. The average Bonchev–Trinajstić information content (AvgIpc) is 2.89. The fraction of sp³-hybridized carbons (Fsp3) is 0.583. The second-order valence-electron chi connectivity index (χ2n) is 4.20. The zero-order valence-corrected chi connectivity index (χ0v) is 11.1. The molecule has 0 saturated carbocycles. The molecule has 0 bridgehead atoms.